The normalized spacial score (nSPS) is 17.6. The molecule has 0 aromatic carbocycles. The van der Waals surface area contributed by atoms with Crippen LogP contribution in [0.4, 0.5) is 74.6 Å². The minimum atomic E-state index is -7.99. The Labute approximate surface area is 136 Å². The lowest BCUT2D eigenvalue weighted by Crippen LogP contribution is -2.62. The Kier molecular flexibility index (Phi) is 5.95. The van der Waals surface area contributed by atoms with Crippen LogP contribution in [-0.4, -0.2) is 42.2 Å². The first-order valence-corrected chi connectivity index (χ1v) is 5.71. The van der Waals surface area contributed by atoms with Gasteiger partial charge in [-0.2, -0.15) is 65.9 Å². The van der Waals surface area contributed by atoms with Gasteiger partial charge in [-0.15, -0.1) is 0 Å². The molecule has 0 unspecified atom stereocenters. The quantitative estimate of drug-likeness (QED) is 0.334. The summed E-state index contributed by atoms with van der Waals surface area (Å²) in [6.07, 6.45) is -38.0. The minimum absolute atomic E-state index is 1.54. The molecule has 0 radical (unpaired) electrons. The predicted octanol–water partition coefficient (Wildman–Crippen LogP) is 6.53. The van der Waals surface area contributed by atoms with E-state index in [9.17, 15) is 74.6 Å². The molecule has 0 aliphatic heterocycles. The van der Waals surface area contributed by atoms with Crippen LogP contribution in [0.5, 0.6) is 0 Å². The summed E-state index contributed by atoms with van der Waals surface area (Å²) in [5.74, 6) is 0. The van der Waals surface area contributed by atoms with E-state index >= 15 is 0 Å². The van der Waals surface area contributed by atoms with Gasteiger partial charge in [-0.3, -0.25) is 0 Å². The Hall–Kier alpha value is -1.45. The number of hydrogen-bond donors (Lipinski definition) is 0. The van der Waals surface area contributed by atoms with Gasteiger partial charge in [-0.1, -0.05) is 0 Å². The standard InChI is InChI=1S/C10H3F17/c1-4(11,8(19,20)21)2(3(6(13,14)15)7(16,17)18)5(12,9(22,23)24)10(25,26)27/h1H3/t4-/m0/s1. The Morgan fingerprint density at radius 1 is 0.407 bits per heavy atom. The molecule has 0 amide bonds. The third-order valence-corrected chi connectivity index (χ3v) is 2.94. The second kappa shape index (κ2) is 6.28. The summed E-state index contributed by atoms with van der Waals surface area (Å²) in [6, 6.07) is 0. The second-order valence-electron chi connectivity index (χ2n) is 4.90. The molecule has 0 spiro atoms. The Morgan fingerprint density at radius 3 is 0.815 bits per heavy atom. The van der Waals surface area contributed by atoms with Gasteiger partial charge in [0.05, 0.1) is 0 Å². The molecule has 0 aromatic rings. The maximum atomic E-state index is 13.8. The van der Waals surface area contributed by atoms with Gasteiger partial charge in [0.25, 0.3) is 0 Å². The van der Waals surface area contributed by atoms with E-state index in [4.69, 9.17) is 0 Å². The first-order valence-electron chi connectivity index (χ1n) is 5.71. The molecular formula is C10H3F17. The molecule has 0 heterocycles. The Bertz CT molecular complexity index is 541. The molecule has 1 atom stereocenters. The number of rotatable bonds is 2. The largest absolute Gasteiger partial charge is 0.435 e. The zero-order valence-corrected chi connectivity index (χ0v) is 11.9. The summed E-state index contributed by atoms with van der Waals surface area (Å²) in [6.45, 7) is -1.54. The van der Waals surface area contributed by atoms with Gasteiger partial charge in [0.15, 0.2) is 0 Å². The molecule has 0 nitrogen and oxygen atoms in total. The molecule has 17 heteroatoms. The molecule has 0 aliphatic carbocycles. The smallest absolute Gasteiger partial charge is 0.229 e. The number of halogens is 17. The third kappa shape index (κ3) is 4.35. The lowest BCUT2D eigenvalue weighted by Gasteiger charge is -2.40. The molecule has 0 aliphatic rings. The van der Waals surface area contributed by atoms with Crippen molar-refractivity contribution in [2.45, 2.75) is 49.1 Å². The minimum Gasteiger partial charge on any atom is -0.229 e. The van der Waals surface area contributed by atoms with Crippen molar-refractivity contribution >= 4 is 0 Å². The molecule has 0 fully saturated rings. The van der Waals surface area contributed by atoms with E-state index in [1.165, 1.54) is 0 Å². The first-order chi connectivity index (χ1) is 11.2. The fourth-order valence-electron chi connectivity index (χ4n) is 1.76. The number of hydrogen-bond acceptors (Lipinski definition) is 0. The van der Waals surface area contributed by atoms with Crippen molar-refractivity contribution in [2.24, 2.45) is 0 Å². The molecule has 27 heavy (non-hydrogen) atoms. The zero-order valence-electron chi connectivity index (χ0n) is 11.9. The van der Waals surface area contributed by atoms with Crippen LogP contribution in [0.2, 0.25) is 0 Å². The van der Waals surface area contributed by atoms with Gasteiger partial charge in [0.2, 0.25) is 5.67 Å². The number of alkyl halides is 17. The maximum Gasteiger partial charge on any atom is 0.435 e. The molecule has 0 saturated heterocycles. The molecule has 162 valence electrons. The summed E-state index contributed by atoms with van der Waals surface area (Å²) in [5, 5.41) is 0. The number of allylic oxidation sites excluding steroid dienone is 2. The van der Waals surface area contributed by atoms with Crippen LogP contribution in [0.15, 0.2) is 11.1 Å². The van der Waals surface area contributed by atoms with Crippen molar-refractivity contribution in [1.29, 1.82) is 0 Å². The lowest BCUT2D eigenvalue weighted by molar-refractivity contribution is -0.338. The lowest BCUT2D eigenvalue weighted by atomic mass is 9.78. The first kappa shape index (κ1) is 25.6. The van der Waals surface area contributed by atoms with Gasteiger partial charge in [-0.25, -0.2) is 8.78 Å². The van der Waals surface area contributed by atoms with E-state index in [1.54, 1.807) is 0 Å². The van der Waals surface area contributed by atoms with E-state index in [-0.39, 0.29) is 0 Å². The summed E-state index contributed by atoms with van der Waals surface area (Å²) in [7, 11) is 0. The van der Waals surface area contributed by atoms with Crippen molar-refractivity contribution in [3.05, 3.63) is 11.1 Å². The predicted molar refractivity (Wildman–Crippen MR) is 50.7 cm³/mol. The monoisotopic (exact) mass is 446 g/mol. The fraction of sp³-hybridized carbons (Fsp3) is 0.800. The van der Waals surface area contributed by atoms with Gasteiger partial charge in [0.1, 0.15) is 5.57 Å². The van der Waals surface area contributed by atoms with E-state index < -0.39 is 60.3 Å². The Morgan fingerprint density at radius 2 is 0.667 bits per heavy atom. The van der Waals surface area contributed by atoms with Crippen LogP contribution in [-0.2, 0) is 0 Å². The average molecular weight is 446 g/mol. The topological polar surface area (TPSA) is 0 Å². The van der Waals surface area contributed by atoms with Crippen molar-refractivity contribution in [1.82, 2.24) is 0 Å². The molecule has 0 N–H and O–H groups in total. The van der Waals surface area contributed by atoms with Crippen molar-refractivity contribution in [2.75, 3.05) is 0 Å². The van der Waals surface area contributed by atoms with Crippen molar-refractivity contribution in [3.8, 4) is 0 Å². The average Bonchev–Trinajstić information content (AvgIpc) is 2.26. The highest BCUT2D eigenvalue weighted by molar-refractivity contribution is 5.42. The van der Waals surface area contributed by atoms with Crippen molar-refractivity contribution in [3.63, 3.8) is 0 Å². The summed E-state index contributed by atoms with van der Waals surface area (Å²) in [4.78, 5) is 0. The van der Waals surface area contributed by atoms with Crippen LogP contribution in [0, 0.1) is 0 Å². The van der Waals surface area contributed by atoms with Crippen LogP contribution in [0.3, 0.4) is 0 Å². The van der Waals surface area contributed by atoms with E-state index in [2.05, 4.69) is 0 Å². The maximum absolute atomic E-state index is 13.8. The zero-order chi connectivity index (χ0) is 22.7. The van der Waals surface area contributed by atoms with E-state index in [0.29, 0.717) is 0 Å². The third-order valence-electron chi connectivity index (χ3n) is 2.94. The summed E-state index contributed by atoms with van der Waals surface area (Å²) in [5.41, 5.74) is -25.2. The van der Waals surface area contributed by atoms with Crippen LogP contribution in [0.25, 0.3) is 0 Å². The second-order valence-corrected chi connectivity index (χ2v) is 4.90. The van der Waals surface area contributed by atoms with Crippen LogP contribution in [0.1, 0.15) is 6.92 Å². The van der Waals surface area contributed by atoms with Crippen LogP contribution < -0.4 is 0 Å². The van der Waals surface area contributed by atoms with Crippen LogP contribution >= 0.6 is 0 Å². The van der Waals surface area contributed by atoms with Crippen molar-refractivity contribution < 1.29 is 74.6 Å². The van der Waals surface area contributed by atoms with Gasteiger partial charge < -0.3 is 0 Å². The molecule has 0 bridgehead atoms. The van der Waals surface area contributed by atoms with Gasteiger partial charge in [-0.05, 0) is 6.92 Å². The summed E-state index contributed by atoms with van der Waals surface area (Å²) < 4.78 is 215. The molecule has 0 rings (SSSR count). The van der Waals surface area contributed by atoms with E-state index in [1.807, 2.05) is 0 Å². The molecule has 0 aromatic heterocycles. The Balaban J connectivity index is 7.91. The fourth-order valence-corrected chi connectivity index (χ4v) is 1.76. The highest BCUT2D eigenvalue weighted by Crippen LogP contribution is 2.60. The van der Waals surface area contributed by atoms with Gasteiger partial charge in [0, 0.05) is 5.57 Å². The highest BCUT2D eigenvalue weighted by Gasteiger charge is 2.82. The SMILES string of the molecule is C[C@](F)(C(=C(C(F)(F)F)C(F)(F)F)C(F)(C(F)(F)F)C(F)(F)F)C(F)(F)F. The molecule has 0 saturated carbocycles. The molecular weight excluding hydrogens is 443 g/mol. The van der Waals surface area contributed by atoms with Gasteiger partial charge >= 0.3 is 36.6 Å². The summed E-state index contributed by atoms with van der Waals surface area (Å²) >= 11 is 0. The highest BCUT2D eigenvalue weighted by atomic mass is 19.4. The van der Waals surface area contributed by atoms with E-state index in [0.717, 1.165) is 0 Å².